The summed E-state index contributed by atoms with van der Waals surface area (Å²) in [7, 11) is 3.13. The number of hydrogen-bond acceptors (Lipinski definition) is 5. The van der Waals surface area contributed by atoms with E-state index in [1.54, 1.807) is 57.5 Å². The molecule has 1 amide bonds. The number of benzene rings is 2. The zero-order valence-electron chi connectivity index (χ0n) is 14.2. The quantitative estimate of drug-likeness (QED) is 0.606. The summed E-state index contributed by atoms with van der Waals surface area (Å²) in [6.07, 6.45) is 0. The Morgan fingerprint density at radius 3 is 2.40 bits per heavy atom. The Hall–Kier alpha value is -2.73. The van der Waals surface area contributed by atoms with Crippen LogP contribution < -0.4 is 19.6 Å². The molecule has 2 aromatic rings. The highest BCUT2D eigenvalue weighted by atomic mass is 35.5. The molecule has 0 aromatic heterocycles. The lowest BCUT2D eigenvalue weighted by Crippen LogP contribution is -2.25. The summed E-state index contributed by atoms with van der Waals surface area (Å²) in [5.41, 5.74) is 3.88. The molecule has 0 atom stereocenters. The van der Waals surface area contributed by atoms with Gasteiger partial charge in [-0.2, -0.15) is 5.10 Å². The molecule has 0 bridgehead atoms. The van der Waals surface area contributed by atoms with Crippen LogP contribution in [0.2, 0.25) is 5.02 Å². The molecule has 0 unspecified atom stereocenters. The third-order valence-electron chi connectivity index (χ3n) is 3.33. The van der Waals surface area contributed by atoms with Crippen LogP contribution in [0.1, 0.15) is 12.5 Å². The van der Waals surface area contributed by atoms with Crippen molar-refractivity contribution in [3.8, 4) is 17.2 Å². The minimum Gasteiger partial charge on any atom is -0.493 e. The van der Waals surface area contributed by atoms with E-state index in [0.717, 1.165) is 5.56 Å². The summed E-state index contributed by atoms with van der Waals surface area (Å²) in [5, 5.41) is 4.67. The van der Waals surface area contributed by atoms with Crippen LogP contribution in [0.4, 0.5) is 0 Å². The van der Waals surface area contributed by atoms with Crippen LogP contribution in [-0.2, 0) is 4.79 Å². The fraction of sp³-hybridized carbons (Fsp3) is 0.222. The van der Waals surface area contributed by atoms with Gasteiger partial charge in [-0.1, -0.05) is 11.6 Å². The molecular formula is C18H19ClN2O4. The standard InChI is InChI=1S/C18H19ClN2O4/c1-12(13-4-9-16(23-2)17(10-13)24-3)20-21-18(22)11-25-15-7-5-14(19)6-8-15/h4-10H,11H2,1-3H3,(H,21,22). The number of methoxy groups -OCH3 is 2. The summed E-state index contributed by atoms with van der Waals surface area (Å²) in [5.74, 6) is 1.40. The first-order valence-electron chi connectivity index (χ1n) is 7.47. The van der Waals surface area contributed by atoms with Gasteiger partial charge in [-0.15, -0.1) is 0 Å². The molecule has 0 saturated heterocycles. The summed E-state index contributed by atoms with van der Waals surface area (Å²) < 4.78 is 15.8. The molecule has 7 heteroatoms. The van der Waals surface area contributed by atoms with Crippen molar-refractivity contribution < 1.29 is 19.0 Å². The molecule has 0 spiro atoms. The van der Waals surface area contributed by atoms with Gasteiger partial charge in [-0.25, -0.2) is 5.43 Å². The maximum atomic E-state index is 11.8. The van der Waals surface area contributed by atoms with Crippen LogP contribution in [-0.4, -0.2) is 32.4 Å². The predicted molar refractivity (Wildman–Crippen MR) is 96.8 cm³/mol. The van der Waals surface area contributed by atoms with E-state index in [2.05, 4.69) is 10.5 Å². The Morgan fingerprint density at radius 2 is 1.76 bits per heavy atom. The fourth-order valence-electron chi connectivity index (χ4n) is 1.98. The monoisotopic (exact) mass is 362 g/mol. The minimum atomic E-state index is -0.366. The van der Waals surface area contributed by atoms with Gasteiger partial charge in [-0.05, 0) is 49.4 Å². The first-order valence-corrected chi connectivity index (χ1v) is 7.85. The van der Waals surface area contributed by atoms with Gasteiger partial charge in [0.15, 0.2) is 18.1 Å². The number of ether oxygens (including phenoxy) is 3. The van der Waals surface area contributed by atoms with Gasteiger partial charge >= 0.3 is 0 Å². The van der Waals surface area contributed by atoms with Gasteiger partial charge in [0.1, 0.15) is 5.75 Å². The number of halogens is 1. The number of rotatable bonds is 7. The molecule has 6 nitrogen and oxygen atoms in total. The lowest BCUT2D eigenvalue weighted by Gasteiger charge is -2.09. The Morgan fingerprint density at radius 1 is 1.08 bits per heavy atom. The molecule has 0 saturated carbocycles. The zero-order valence-corrected chi connectivity index (χ0v) is 15.0. The van der Waals surface area contributed by atoms with E-state index < -0.39 is 0 Å². The van der Waals surface area contributed by atoms with E-state index in [-0.39, 0.29) is 12.5 Å². The SMILES string of the molecule is COc1ccc(C(C)=NNC(=O)COc2ccc(Cl)cc2)cc1OC. The number of nitrogens with one attached hydrogen (secondary N) is 1. The van der Waals surface area contributed by atoms with E-state index in [1.165, 1.54) is 0 Å². The molecule has 2 aromatic carbocycles. The molecule has 25 heavy (non-hydrogen) atoms. The predicted octanol–water partition coefficient (Wildman–Crippen LogP) is 3.28. The Labute approximate surface area is 151 Å². The van der Waals surface area contributed by atoms with Gasteiger partial charge in [0, 0.05) is 10.6 Å². The van der Waals surface area contributed by atoms with Gasteiger partial charge in [-0.3, -0.25) is 4.79 Å². The number of hydrogen-bond donors (Lipinski definition) is 1. The number of hydrazone groups is 1. The molecule has 0 heterocycles. The van der Waals surface area contributed by atoms with E-state index >= 15 is 0 Å². The van der Waals surface area contributed by atoms with Crippen LogP contribution >= 0.6 is 11.6 Å². The molecule has 0 aliphatic carbocycles. The summed E-state index contributed by atoms with van der Waals surface area (Å²) in [6, 6.07) is 12.1. The lowest BCUT2D eigenvalue weighted by atomic mass is 10.1. The summed E-state index contributed by atoms with van der Waals surface area (Å²) in [4.78, 5) is 11.8. The molecule has 2 rings (SSSR count). The number of carbonyl (C=O) groups is 1. The largest absolute Gasteiger partial charge is 0.493 e. The molecule has 0 radical (unpaired) electrons. The second-order valence-electron chi connectivity index (χ2n) is 5.04. The highest BCUT2D eigenvalue weighted by Gasteiger charge is 2.07. The molecule has 0 aliphatic rings. The number of amides is 1. The second-order valence-corrected chi connectivity index (χ2v) is 5.48. The van der Waals surface area contributed by atoms with E-state index in [0.29, 0.717) is 28.0 Å². The van der Waals surface area contributed by atoms with Crippen LogP contribution in [0.5, 0.6) is 17.2 Å². The van der Waals surface area contributed by atoms with Crippen molar-refractivity contribution in [1.82, 2.24) is 5.43 Å². The Balaban J connectivity index is 1.93. The highest BCUT2D eigenvalue weighted by molar-refractivity contribution is 6.30. The third-order valence-corrected chi connectivity index (χ3v) is 3.59. The number of nitrogens with zero attached hydrogens (tertiary/aromatic N) is 1. The summed E-state index contributed by atoms with van der Waals surface area (Å²) in [6.45, 7) is 1.63. The average molecular weight is 363 g/mol. The van der Waals surface area contributed by atoms with Crippen LogP contribution in [0.15, 0.2) is 47.6 Å². The molecular weight excluding hydrogens is 344 g/mol. The smallest absolute Gasteiger partial charge is 0.277 e. The second kappa shape index (κ2) is 8.94. The van der Waals surface area contributed by atoms with Gasteiger partial charge in [0.05, 0.1) is 19.9 Å². The van der Waals surface area contributed by atoms with Crippen molar-refractivity contribution in [1.29, 1.82) is 0 Å². The van der Waals surface area contributed by atoms with Gasteiger partial charge < -0.3 is 14.2 Å². The Kier molecular flexibility index (Phi) is 6.65. The average Bonchev–Trinajstić information content (AvgIpc) is 2.64. The van der Waals surface area contributed by atoms with E-state index in [4.69, 9.17) is 25.8 Å². The zero-order chi connectivity index (χ0) is 18.2. The number of carbonyl (C=O) groups excluding carboxylic acids is 1. The van der Waals surface area contributed by atoms with Crippen LogP contribution in [0, 0.1) is 0 Å². The topological polar surface area (TPSA) is 69.2 Å². The van der Waals surface area contributed by atoms with Crippen LogP contribution in [0.25, 0.3) is 0 Å². The van der Waals surface area contributed by atoms with Crippen LogP contribution in [0.3, 0.4) is 0 Å². The highest BCUT2D eigenvalue weighted by Crippen LogP contribution is 2.27. The van der Waals surface area contributed by atoms with Crippen molar-refractivity contribution in [3.05, 3.63) is 53.1 Å². The van der Waals surface area contributed by atoms with Crippen molar-refractivity contribution in [2.24, 2.45) is 5.10 Å². The molecule has 1 N–H and O–H groups in total. The first-order chi connectivity index (χ1) is 12.0. The van der Waals surface area contributed by atoms with E-state index in [1.807, 2.05) is 6.07 Å². The van der Waals surface area contributed by atoms with Crippen molar-refractivity contribution in [2.75, 3.05) is 20.8 Å². The van der Waals surface area contributed by atoms with E-state index in [9.17, 15) is 4.79 Å². The lowest BCUT2D eigenvalue weighted by molar-refractivity contribution is -0.123. The molecule has 132 valence electrons. The van der Waals surface area contributed by atoms with Crippen molar-refractivity contribution in [2.45, 2.75) is 6.92 Å². The maximum absolute atomic E-state index is 11.8. The van der Waals surface area contributed by atoms with Gasteiger partial charge in [0.25, 0.3) is 5.91 Å². The van der Waals surface area contributed by atoms with Crippen molar-refractivity contribution in [3.63, 3.8) is 0 Å². The first kappa shape index (κ1) is 18.6. The minimum absolute atomic E-state index is 0.148. The van der Waals surface area contributed by atoms with Gasteiger partial charge in [0.2, 0.25) is 0 Å². The molecule has 0 aliphatic heterocycles. The summed E-state index contributed by atoms with van der Waals surface area (Å²) >= 11 is 5.79. The van der Waals surface area contributed by atoms with Crippen molar-refractivity contribution >= 4 is 23.2 Å². The Bertz CT molecular complexity index is 760. The third kappa shape index (κ3) is 5.39. The maximum Gasteiger partial charge on any atom is 0.277 e. The molecule has 0 fully saturated rings. The normalized spacial score (nSPS) is 11.0. The fourth-order valence-corrected chi connectivity index (χ4v) is 2.11.